The second-order valence-corrected chi connectivity index (χ2v) is 7.57. The second-order valence-electron chi connectivity index (χ2n) is 5.56. The largest absolute Gasteiger partial charge is 0.466 e. The van der Waals surface area contributed by atoms with Gasteiger partial charge in [0.15, 0.2) is 0 Å². The topological polar surface area (TPSA) is 129 Å². The van der Waals surface area contributed by atoms with Gasteiger partial charge in [0, 0.05) is 18.2 Å². The predicted molar refractivity (Wildman–Crippen MR) is 90.3 cm³/mol. The average molecular weight is 368 g/mol. The van der Waals surface area contributed by atoms with E-state index in [1.54, 1.807) is 19.1 Å². The third kappa shape index (κ3) is 4.34. The van der Waals surface area contributed by atoms with Gasteiger partial charge in [-0.1, -0.05) is 6.08 Å². The molecule has 1 aromatic heterocycles. The summed E-state index contributed by atoms with van der Waals surface area (Å²) in [4.78, 5) is 11.9. The first-order valence-electron chi connectivity index (χ1n) is 7.37. The highest BCUT2D eigenvalue weighted by Crippen LogP contribution is 2.26. The Morgan fingerprint density at radius 1 is 1.40 bits per heavy atom. The first-order valence-corrected chi connectivity index (χ1v) is 9.22. The fourth-order valence-corrected chi connectivity index (χ4v) is 2.54. The summed E-state index contributed by atoms with van der Waals surface area (Å²) in [6.07, 6.45) is 5.98. The molecule has 1 aliphatic rings. The van der Waals surface area contributed by atoms with E-state index >= 15 is 0 Å². The van der Waals surface area contributed by atoms with Crippen LogP contribution in [0.5, 0.6) is 0 Å². The summed E-state index contributed by atoms with van der Waals surface area (Å²) in [5.74, 6) is -0.106. The van der Waals surface area contributed by atoms with E-state index < -0.39 is 22.0 Å². The molecule has 2 rings (SSSR count). The first kappa shape index (κ1) is 18.9. The highest BCUT2D eigenvalue weighted by molar-refractivity contribution is 7.88. The molecular weight excluding hydrogens is 348 g/mol. The molecule has 9 nitrogen and oxygen atoms in total. The maximum absolute atomic E-state index is 11.9. The molecule has 0 fully saturated rings. The number of allylic oxidation sites excluding steroid dienone is 4. The van der Waals surface area contributed by atoms with Crippen molar-refractivity contribution < 1.29 is 22.4 Å². The van der Waals surface area contributed by atoms with E-state index in [4.69, 9.17) is 14.9 Å². The SMILES string of the molecule is COC(=O)C1=CC(N(C)S(C)(=O)=O)=CC(c2nnc(C(C)N)o2)=CC1. The van der Waals surface area contributed by atoms with Crippen LogP contribution < -0.4 is 5.73 Å². The Morgan fingerprint density at radius 2 is 2.08 bits per heavy atom. The van der Waals surface area contributed by atoms with Gasteiger partial charge < -0.3 is 14.9 Å². The maximum atomic E-state index is 11.9. The minimum absolute atomic E-state index is 0.186. The number of hydrogen-bond acceptors (Lipinski definition) is 8. The molecule has 0 saturated heterocycles. The van der Waals surface area contributed by atoms with E-state index in [-0.39, 0.29) is 23.9 Å². The number of aromatic nitrogens is 2. The van der Waals surface area contributed by atoms with Crippen LogP contribution in [0, 0.1) is 0 Å². The molecule has 1 aromatic rings. The van der Waals surface area contributed by atoms with Crippen LogP contribution in [0.4, 0.5) is 0 Å². The molecule has 0 aromatic carbocycles. The molecule has 0 saturated carbocycles. The van der Waals surface area contributed by atoms with Crippen LogP contribution in [0.3, 0.4) is 0 Å². The quantitative estimate of drug-likeness (QED) is 0.754. The Kier molecular flexibility index (Phi) is 5.43. The fraction of sp³-hybridized carbons (Fsp3) is 0.400. The van der Waals surface area contributed by atoms with Gasteiger partial charge >= 0.3 is 5.97 Å². The van der Waals surface area contributed by atoms with Gasteiger partial charge in [0.1, 0.15) is 0 Å². The molecule has 0 radical (unpaired) electrons. The number of carbonyl (C=O) groups excluding carboxylic acids is 1. The van der Waals surface area contributed by atoms with Crippen molar-refractivity contribution in [3.8, 4) is 0 Å². The standard InChI is InChI=1S/C15H20N4O5S/c1-9(16)13-17-18-14(24-13)10-5-6-11(15(20)23-3)8-12(7-10)19(2)25(4,21)22/h5,7-9H,6,16H2,1-4H3. The summed E-state index contributed by atoms with van der Waals surface area (Å²) >= 11 is 0. The molecule has 2 N–H and O–H groups in total. The van der Waals surface area contributed by atoms with Crippen LogP contribution >= 0.6 is 0 Å². The van der Waals surface area contributed by atoms with E-state index in [1.165, 1.54) is 20.2 Å². The van der Waals surface area contributed by atoms with Crippen molar-refractivity contribution in [1.82, 2.24) is 14.5 Å². The van der Waals surface area contributed by atoms with Crippen LogP contribution in [0.25, 0.3) is 5.57 Å². The normalized spacial score (nSPS) is 16.3. The fourth-order valence-electron chi connectivity index (χ4n) is 2.05. The molecule has 136 valence electrons. The zero-order valence-electron chi connectivity index (χ0n) is 14.4. The molecule has 25 heavy (non-hydrogen) atoms. The summed E-state index contributed by atoms with van der Waals surface area (Å²) in [5, 5.41) is 7.79. The molecule has 1 atom stereocenters. The van der Waals surface area contributed by atoms with Gasteiger partial charge in [0.25, 0.3) is 0 Å². The van der Waals surface area contributed by atoms with Crippen molar-refractivity contribution in [2.75, 3.05) is 20.4 Å². The van der Waals surface area contributed by atoms with Crippen LogP contribution in [0.1, 0.15) is 31.2 Å². The third-order valence-corrected chi connectivity index (χ3v) is 4.76. The van der Waals surface area contributed by atoms with Crippen molar-refractivity contribution in [1.29, 1.82) is 0 Å². The molecular formula is C15H20N4O5S. The zero-order chi connectivity index (χ0) is 18.8. The Bertz CT molecular complexity index is 864. The number of carbonyl (C=O) groups is 1. The Hall–Kier alpha value is -2.46. The number of likely N-dealkylation sites (N-methyl/N-ethyl adjacent to an activating group) is 1. The molecule has 1 aliphatic carbocycles. The maximum Gasteiger partial charge on any atom is 0.334 e. The molecule has 1 unspecified atom stereocenters. The van der Waals surface area contributed by atoms with E-state index in [1.807, 2.05) is 0 Å². The van der Waals surface area contributed by atoms with Crippen LogP contribution in [0.2, 0.25) is 0 Å². The van der Waals surface area contributed by atoms with Crippen molar-refractivity contribution in [3.05, 3.63) is 41.3 Å². The Morgan fingerprint density at radius 3 is 2.60 bits per heavy atom. The molecule has 0 amide bonds. The van der Waals surface area contributed by atoms with Gasteiger partial charge in [0.05, 0.1) is 25.1 Å². The smallest absolute Gasteiger partial charge is 0.334 e. The summed E-state index contributed by atoms with van der Waals surface area (Å²) in [6, 6.07) is -0.432. The third-order valence-electron chi connectivity index (χ3n) is 3.55. The number of nitrogens with zero attached hydrogens (tertiary/aromatic N) is 3. The van der Waals surface area contributed by atoms with Crippen molar-refractivity contribution in [2.24, 2.45) is 5.73 Å². The van der Waals surface area contributed by atoms with Crippen molar-refractivity contribution in [2.45, 2.75) is 19.4 Å². The van der Waals surface area contributed by atoms with E-state index in [0.717, 1.165) is 10.6 Å². The number of sulfonamides is 1. The molecule has 1 heterocycles. The number of ether oxygens (including phenoxy) is 1. The lowest BCUT2D eigenvalue weighted by atomic mass is 10.1. The zero-order valence-corrected chi connectivity index (χ0v) is 15.2. The number of methoxy groups -OCH3 is 1. The van der Waals surface area contributed by atoms with Crippen LogP contribution in [-0.4, -0.2) is 49.3 Å². The van der Waals surface area contributed by atoms with Crippen molar-refractivity contribution in [3.63, 3.8) is 0 Å². The first-order chi connectivity index (χ1) is 11.6. The summed E-state index contributed by atoms with van der Waals surface area (Å²) < 4.78 is 35.1. The molecule has 0 spiro atoms. The number of nitrogens with two attached hydrogens (primary N) is 1. The lowest BCUT2D eigenvalue weighted by Gasteiger charge is -2.18. The van der Waals surface area contributed by atoms with Crippen LogP contribution in [0.15, 0.2) is 33.9 Å². The molecule has 10 heteroatoms. The number of rotatable bonds is 5. The van der Waals surface area contributed by atoms with Gasteiger partial charge in [-0.15, -0.1) is 10.2 Å². The van der Waals surface area contributed by atoms with Gasteiger partial charge in [-0.3, -0.25) is 4.31 Å². The van der Waals surface area contributed by atoms with E-state index in [0.29, 0.717) is 11.1 Å². The second kappa shape index (κ2) is 7.19. The van der Waals surface area contributed by atoms with Crippen molar-refractivity contribution >= 4 is 21.6 Å². The minimum atomic E-state index is -3.53. The van der Waals surface area contributed by atoms with Gasteiger partial charge in [0.2, 0.25) is 21.8 Å². The lowest BCUT2D eigenvalue weighted by Crippen LogP contribution is -2.24. The summed E-state index contributed by atoms with van der Waals surface area (Å²) in [6.45, 7) is 1.70. The van der Waals surface area contributed by atoms with Gasteiger partial charge in [-0.25, -0.2) is 13.2 Å². The minimum Gasteiger partial charge on any atom is -0.466 e. The number of hydrogen-bond donors (Lipinski definition) is 1. The lowest BCUT2D eigenvalue weighted by molar-refractivity contribution is -0.136. The predicted octanol–water partition coefficient (Wildman–Crippen LogP) is 0.751. The summed E-state index contributed by atoms with van der Waals surface area (Å²) in [7, 11) is -0.889. The molecule has 0 aliphatic heterocycles. The van der Waals surface area contributed by atoms with Gasteiger partial charge in [-0.2, -0.15) is 0 Å². The Balaban J connectivity index is 2.51. The van der Waals surface area contributed by atoms with Gasteiger partial charge in [-0.05, 0) is 25.5 Å². The highest BCUT2D eigenvalue weighted by Gasteiger charge is 2.21. The number of esters is 1. The summed E-state index contributed by atoms with van der Waals surface area (Å²) in [5.41, 5.74) is 6.76. The Labute approximate surface area is 145 Å². The molecule has 0 bridgehead atoms. The van der Waals surface area contributed by atoms with Crippen LogP contribution in [-0.2, 0) is 19.6 Å². The highest BCUT2D eigenvalue weighted by atomic mass is 32.2. The van der Waals surface area contributed by atoms with E-state index in [2.05, 4.69) is 10.2 Å². The average Bonchev–Trinajstić information content (AvgIpc) is 2.93. The van der Waals surface area contributed by atoms with E-state index in [9.17, 15) is 13.2 Å². The monoisotopic (exact) mass is 368 g/mol.